The molecule has 0 amide bonds. The van der Waals surface area contributed by atoms with Crippen LogP contribution in [0.1, 0.15) is 42.4 Å². The second-order valence-electron chi connectivity index (χ2n) is 8.84. The molecule has 0 bridgehead atoms. The Morgan fingerprint density at radius 3 is 2.57 bits per heavy atom. The molecule has 2 heterocycles. The minimum atomic E-state index is -0.235. The van der Waals surface area contributed by atoms with Crippen LogP contribution in [0.15, 0.2) is 81.1 Å². The van der Waals surface area contributed by atoms with Gasteiger partial charge in [0.2, 0.25) is 0 Å². The standard InChI is InChI=1S/C28H24BrFN4O/c1-17(2)27-32-25-13-12-20(29)14-22(25)28(35)34(27)31-15-23-18(3)33(26-11-7-5-9-21(23)26)16-19-8-4-6-10-24(19)30/h4-15,17H,16H2,1-3H3. The Morgan fingerprint density at radius 1 is 1.06 bits per heavy atom. The molecule has 0 saturated carbocycles. The summed E-state index contributed by atoms with van der Waals surface area (Å²) in [5, 5.41) is 6.13. The summed E-state index contributed by atoms with van der Waals surface area (Å²) in [5.74, 6) is 0.353. The molecule has 0 radical (unpaired) electrons. The maximum Gasteiger partial charge on any atom is 0.282 e. The molecule has 3 aromatic carbocycles. The predicted octanol–water partition coefficient (Wildman–Crippen LogP) is 6.62. The third-order valence-corrected chi connectivity index (χ3v) is 6.71. The molecule has 0 unspecified atom stereocenters. The van der Waals surface area contributed by atoms with Gasteiger partial charge in [-0.25, -0.2) is 9.37 Å². The van der Waals surface area contributed by atoms with Gasteiger partial charge in [-0.15, -0.1) is 0 Å². The molecule has 0 aliphatic rings. The zero-order valence-corrected chi connectivity index (χ0v) is 21.3. The lowest BCUT2D eigenvalue weighted by molar-refractivity contribution is 0.600. The molecule has 0 spiro atoms. The largest absolute Gasteiger partial charge is 0.340 e. The monoisotopic (exact) mass is 530 g/mol. The molecule has 0 fully saturated rings. The van der Waals surface area contributed by atoms with Gasteiger partial charge in [0.15, 0.2) is 0 Å². The van der Waals surface area contributed by atoms with Crippen molar-refractivity contribution in [2.24, 2.45) is 5.10 Å². The molecule has 0 aliphatic heterocycles. The molecule has 0 N–H and O–H groups in total. The van der Waals surface area contributed by atoms with Crippen LogP contribution in [-0.4, -0.2) is 20.4 Å². The first-order chi connectivity index (χ1) is 16.8. The van der Waals surface area contributed by atoms with E-state index >= 15 is 0 Å². The SMILES string of the molecule is Cc1c(C=Nn2c(C(C)C)nc3ccc(Br)cc3c2=O)c2ccccc2n1Cc1ccccc1F. The first-order valence-corrected chi connectivity index (χ1v) is 12.2. The third-order valence-electron chi connectivity index (χ3n) is 6.22. The van der Waals surface area contributed by atoms with Crippen LogP contribution in [0.4, 0.5) is 4.39 Å². The summed E-state index contributed by atoms with van der Waals surface area (Å²) < 4.78 is 18.7. The van der Waals surface area contributed by atoms with E-state index in [1.165, 1.54) is 10.7 Å². The van der Waals surface area contributed by atoms with E-state index in [4.69, 9.17) is 4.98 Å². The van der Waals surface area contributed by atoms with Crippen LogP contribution in [-0.2, 0) is 6.54 Å². The van der Waals surface area contributed by atoms with Crippen molar-refractivity contribution in [3.63, 3.8) is 0 Å². The topological polar surface area (TPSA) is 52.2 Å². The predicted molar refractivity (Wildman–Crippen MR) is 143 cm³/mol. The van der Waals surface area contributed by atoms with Crippen LogP contribution in [0.5, 0.6) is 0 Å². The highest BCUT2D eigenvalue weighted by molar-refractivity contribution is 9.10. The van der Waals surface area contributed by atoms with Gasteiger partial charge in [-0.3, -0.25) is 4.79 Å². The van der Waals surface area contributed by atoms with Gasteiger partial charge in [-0.05, 0) is 37.3 Å². The summed E-state index contributed by atoms with van der Waals surface area (Å²) in [4.78, 5) is 18.1. The maximum absolute atomic E-state index is 14.4. The highest BCUT2D eigenvalue weighted by atomic mass is 79.9. The Bertz CT molecular complexity index is 1670. The Hall–Kier alpha value is -3.58. The molecule has 0 atom stereocenters. The fourth-order valence-electron chi connectivity index (χ4n) is 4.39. The zero-order valence-electron chi connectivity index (χ0n) is 19.7. The number of halogens is 2. The van der Waals surface area contributed by atoms with Crippen LogP contribution in [0.25, 0.3) is 21.8 Å². The molecule has 0 saturated heterocycles. The Kier molecular flexibility index (Phi) is 6.11. The Morgan fingerprint density at radius 2 is 1.80 bits per heavy atom. The molecule has 0 aliphatic carbocycles. The van der Waals surface area contributed by atoms with E-state index in [9.17, 15) is 9.18 Å². The smallest absolute Gasteiger partial charge is 0.282 e. The van der Waals surface area contributed by atoms with Crippen molar-refractivity contribution in [1.82, 2.24) is 14.2 Å². The quantitative estimate of drug-likeness (QED) is 0.240. The Labute approximate surface area is 210 Å². The van der Waals surface area contributed by atoms with Gasteiger partial charge in [-0.1, -0.05) is 66.2 Å². The molecule has 5 aromatic rings. The molecule has 5 rings (SSSR count). The highest BCUT2D eigenvalue weighted by Gasteiger charge is 2.16. The van der Waals surface area contributed by atoms with Crippen molar-refractivity contribution in [1.29, 1.82) is 0 Å². The zero-order chi connectivity index (χ0) is 24.7. The summed E-state index contributed by atoms with van der Waals surface area (Å²) in [6, 6.07) is 20.2. The number of nitrogens with zero attached hydrogens (tertiary/aromatic N) is 4. The van der Waals surface area contributed by atoms with E-state index in [1.807, 2.05) is 63.2 Å². The van der Waals surface area contributed by atoms with Gasteiger partial charge >= 0.3 is 0 Å². The van der Waals surface area contributed by atoms with Gasteiger partial charge in [-0.2, -0.15) is 9.78 Å². The lowest BCUT2D eigenvalue weighted by atomic mass is 10.1. The molecule has 7 heteroatoms. The lowest BCUT2D eigenvalue weighted by Crippen LogP contribution is -2.23. The summed E-state index contributed by atoms with van der Waals surface area (Å²) >= 11 is 3.44. The van der Waals surface area contributed by atoms with Crippen LogP contribution >= 0.6 is 15.9 Å². The van der Waals surface area contributed by atoms with Crippen molar-refractivity contribution in [2.75, 3.05) is 0 Å². The molecular formula is C28H24BrFN4O. The minimum absolute atomic E-state index is 0.00334. The van der Waals surface area contributed by atoms with Crippen molar-refractivity contribution in [3.05, 3.63) is 110 Å². The van der Waals surface area contributed by atoms with Gasteiger partial charge in [0, 0.05) is 38.1 Å². The van der Waals surface area contributed by atoms with E-state index in [0.717, 1.165) is 26.6 Å². The summed E-state index contributed by atoms with van der Waals surface area (Å²) in [6.45, 7) is 6.37. The van der Waals surface area contributed by atoms with Crippen LogP contribution < -0.4 is 5.56 Å². The number of hydrogen-bond donors (Lipinski definition) is 0. The number of hydrogen-bond acceptors (Lipinski definition) is 3. The second kappa shape index (κ2) is 9.23. The van der Waals surface area contributed by atoms with Crippen molar-refractivity contribution in [2.45, 2.75) is 33.2 Å². The van der Waals surface area contributed by atoms with Crippen LogP contribution in [0.3, 0.4) is 0 Å². The molecular weight excluding hydrogens is 507 g/mol. The average Bonchev–Trinajstić information content (AvgIpc) is 3.10. The fourth-order valence-corrected chi connectivity index (χ4v) is 4.75. The number of para-hydroxylation sites is 1. The van der Waals surface area contributed by atoms with Gasteiger partial charge in [0.1, 0.15) is 11.6 Å². The molecule has 2 aromatic heterocycles. The lowest BCUT2D eigenvalue weighted by Gasteiger charge is -2.12. The van der Waals surface area contributed by atoms with Crippen molar-refractivity contribution >= 4 is 44.0 Å². The number of aromatic nitrogens is 3. The van der Waals surface area contributed by atoms with Gasteiger partial charge in [0.25, 0.3) is 5.56 Å². The second-order valence-corrected chi connectivity index (χ2v) is 9.76. The van der Waals surface area contributed by atoms with Gasteiger partial charge < -0.3 is 4.57 Å². The van der Waals surface area contributed by atoms with E-state index in [2.05, 4.69) is 25.6 Å². The maximum atomic E-state index is 14.4. The third kappa shape index (κ3) is 4.21. The fraction of sp³-hybridized carbons (Fsp3) is 0.179. The normalized spacial score (nSPS) is 11.9. The van der Waals surface area contributed by atoms with Crippen molar-refractivity contribution in [3.8, 4) is 0 Å². The number of rotatable bonds is 5. The highest BCUT2D eigenvalue weighted by Crippen LogP contribution is 2.26. The Balaban J connectivity index is 1.67. The number of fused-ring (bicyclic) bond motifs is 2. The van der Waals surface area contributed by atoms with E-state index in [-0.39, 0.29) is 17.3 Å². The molecule has 176 valence electrons. The van der Waals surface area contributed by atoms with Crippen LogP contribution in [0.2, 0.25) is 0 Å². The van der Waals surface area contributed by atoms with E-state index in [1.54, 1.807) is 24.4 Å². The average molecular weight is 531 g/mol. The summed E-state index contributed by atoms with van der Waals surface area (Å²) in [6.07, 6.45) is 1.72. The first kappa shape index (κ1) is 23.2. The summed E-state index contributed by atoms with van der Waals surface area (Å²) in [7, 11) is 0. The van der Waals surface area contributed by atoms with E-state index < -0.39 is 0 Å². The minimum Gasteiger partial charge on any atom is -0.340 e. The van der Waals surface area contributed by atoms with E-state index in [0.29, 0.717) is 28.8 Å². The summed E-state index contributed by atoms with van der Waals surface area (Å²) in [5.41, 5.74) is 3.84. The van der Waals surface area contributed by atoms with Gasteiger partial charge in [0.05, 0.1) is 23.7 Å². The van der Waals surface area contributed by atoms with Crippen LogP contribution in [0, 0.1) is 12.7 Å². The molecule has 35 heavy (non-hydrogen) atoms. The first-order valence-electron chi connectivity index (χ1n) is 11.4. The molecule has 5 nitrogen and oxygen atoms in total. The van der Waals surface area contributed by atoms with Crippen molar-refractivity contribution < 1.29 is 4.39 Å². The number of benzene rings is 3.